The molecular formula is C14H22N2O3S. The van der Waals surface area contributed by atoms with Crippen LogP contribution in [0.5, 0.6) is 0 Å². The molecule has 1 aromatic carbocycles. The molecule has 1 heterocycles. The van der Waals surface area contributed by atoms with Crippen molar-refractivity contribution in [2.45, 2.75) is 18.7 Å². The Hall–Kier alpha value is -0.950. The summed E-state index contributed by atoms with van der Waals surface area (Å²) in [5.41, 5.74) is 7.33. The van der Waals surface area contributed by atoms with Crippen LogP contribution in [0.3, 0.4) is 0 Å². The van der Waals surface area contributed by atoms with Crippen molar-refractivity contribution in [2.24, 2.45) is 11.7 Å². The van der Waals surface area contributed by atoms with E-state index in [9.17, 15) is 8.42 Å². The summed E-state index contributed by atoms with van der Waals surface area (Å²) in [6, 6.07) is 7.45. The number of hydrogen-bond donors (Lipinski definition) is 1. The van der Waals surface area contributed by atoms with Gasteiger partial charge in [0, 0.05) is 26.7 Å². The van der Waals surface area contributed by atoms with Gasteiger partial charge in [-0.15, -0.1) is 0 Å². The van der Waals surface area contributed by atoms with Crippen LogP contribution in [0, 0.1) is 5.92 Å². The third kappa shape index (κ3) is 3.79. The molecule has 0 bridgehead atoms. The summed E-state index contributed by atoms with van der Waals surface area (Å²) in [5.74, 6) is 0.353. The fourth-order valence-electron chi connectivity index (χ4n) is 2.57. The number of sulfonamides is 1. The van der Waals surface area contributed by atoms with Crippen LogP contribution in [0.15, 0.2) is 24.3 Å². The fraction of sp³-hybridized carbons (Fsp3) is 0.571. The van der Waals surface area contributed by atoms with E-state index >= 15 is 0 Å². The molecule has 1 unspecified atom stereocenters. The number of nitrogens with zero attached hydrogens (tertiary/aromatic N) is 1. The molecule has 2 rings (SSSR count). The van der Waals surface area contributed by atoms with Crippen LogP contribution < -0.4 is 5.73 Å². The van der Waals surface area contributed by atoms with Gasteiger partial charge in [-0.1, -0.05) is 24.3 Å². The highest BCUT2D eigenvalue weighted by atomic mass is 32.2. The second-order valence-corrected chi connectivity index (χ2v) is 7.22. The third-order valence-electron chi connectivity index (χ3n) is 3.62. The van der Waals surface area contributed by atoms with Gasteiger partial charge in [0.15, 0.2) is 0 Å². The molecule has 1 aromatic rings. The highest BCUT2D eigenvalue weighted by Crippen LogP contribution is 2.22. The number of ether oxygens (including phenoxy) is 1. The Labute approximate surface area is 120 Å². The highest BCUT2D eigenvalue weighted by molar-refractivity contribution is 7.88. The van der Waals surface area contributed by atoms with Crippen molar-refractivity contribution >= 4 is 10.0 Å². The van der Waals surface area contributed by atoms with Gasteiger partial charge in [-0.25, -0.2) is 12.7 Å². The van der Waals surface area contributed by atoms with E-state index in [2.05, 4.69) is 0 Å². The second kappa shape index (κ2) is 6.67. The van der Waals surface area contributed by atoms with E-state index in [0.717, 1.165) is 17.5 Å². The van der Waals surface area contributed by atoms with E-state index < -0.39 is 10.0 Å². The van der Waals surface area contributed by atoms with Crippen molar-refractivity contribution in [3.8, 4) is 0 Å². The molecule has 1 atom stereocenters. The van der Waals surface area contributed by atoms with Gasteiger partial charge in [0.1, 0.15) is 0 Å². The highest BCUT2D eigenvalue weighted by Gasteiger charge is 2.31. The Kier molecular flexibility index (Phi) is 5.15. The summed E-state index contributed by atoms with van der Waals surface area (Å²) in [5, 5.41) is 0. The molecule has 0 aliphatic carbocycles. The van der Waals surface area contributed by atoms with Gasteiger partial charge in [0.05, 0.1) is 12.4 Å². The van der Waals surface area contributed by atoms with E-state index in [1.54, 1.807) is 11.4 Å². The minimum absolute atomic E-state index is 0.0422. The van der Waals surface area contributed by atoms with E-state index in [1.807, 2.05) is 24.3 Å². The predicted molar refractivity (Wildman–Crippen MR) is 78.5 cm³/mol. The third-order valence-corrected chi connectivity index (χ3v) is 5.44. The van der Waals surface area contributed by atoms with E-state index in [1.165, 1.54) is 0 Å². The van der Waals surface area contributed by atoms with Crippen LogP contribution in [0.4, 0.5) is 0 Å². The van der Waals surface area contributed by atoms with Crippen LogP contribution >= 0.6 is 0 Å². The topological polar surface area (TPSA) is 72.6 Å². The zero-order chi connectivity index (χ0) is 14.6. The molecule has 0 amide bonds. The molecule has 2 N–H and O–H groups in total. The minimum Gasteiger partial charge on any atom is -0.384 e. The molecular weight excluding hydrogens is 276 g/mol. The lowest BCUT2D eigenvalue weighted by atomic mass is 10.1. The number of methoxy groups -OCH3 is 1. The zero-order valence-corrected chi connectivity index (χ0v) is 12.6. The average molecular weight is 298 g/mol. The molecule has 20 heavy (non-hydrogen) atoms. The van der Waals surface area contributed by atoms with Crippen LogP contribution in [0.25, 0.3) is 0 Å². The van der Waals surface area contributed by atoms with Crippen LogP contribution in [0.1, 0.15) is 17.5 Å². The SMILES string of the molecule is COCC1CCN(S(=O)(=O)Cc2cccc(CN)c2)C1. The summed E-state index contributed by atoms with van der Waals surface area (Å²) in [6.07, 6.45) is 0.871. The number of benzene rings is 1. The monoisotopic (exact) mass is 298 g/mol. The lowest BCUT2D eigenvalue weighted by Crippen LogP contribution is -2.30. The van der Waals surface area contributed by atoms with Crippen LogP contribution in [-0.2, 0) is 27.1 Å². The molecule has 0 spiro atoms. The smallest absolute Gasteiger partial charge is 0.218 e. The van der Waals surface area contributed by atoms with Crippen LogP contribution in [0.2, 0.25) is 0 Å². The lowest BCUT2D eigenvalue weighted by Gasteiger charge is -2.16. The van der Waals surface area contributed by atoms with Gasteiger partial charge in [-0.2, -0.15) is 0 Å². The molecule has 5 nitrogen and oxygen atoms in total. The summed E-state index contributed by atoms with van der Waals surface area (Å²) >= 11 is 0. The maximum atomic E-state index is 12.4. The summed E-state index contributed by atoms with van der Waals surface area (Å²) in [4.78, 5) is 0. The Bertz CT molecular complexity index is 545. The van der Waals surface area contributed by atoms with Gasteiger partial charge >= 0.3 is 0 Å². The summed E-state index contributed by atoms with van der Waals surface area (Å²) in [7, 11) is -1.60. The molecule has 1 saturated heterocycles. The molecule has 112 valence electrons. The average Bonchev–Trinajstić information content (AvgIpc) is 2.88. The van der Waals surface area contributed by atoms with Crippen molar-refractivity contribution in [1.29, 1.82) is 0 Å². The maximum Gasteiger partial charge on any atom is 0.218 e. The molecule has 0 aromatic heterocycles. The van der Waals surface area contributed by atoms with Gasteiger partial charge in [0.25, 0.3) is 0 Å². The Morgan fingerprint density at radius 1 is 1.40 bits per heavy atom. The van der Waals surface area contributed by atoms with Crippen molar-refractivity contribution < 1.29 is 13.2 Å². The minimum atomic E-state index is -3.25. The fourth-order valence-corrected chi connectivity index (χ4v) is 4.17. The van der Waals surface area contributed by atoms with Gasteiger partial charge in [-0.3, -0.25) is 0 Å². The first-order valence-electron chi connectivity index (χ1n) is 6.80. The van der Waals surface area contributed by atoms with E-state index in [0.29, 0.717) is 32.2 Å². The zero-order valence-electron chi connectivity index (χ0n) is 11.8. The molecule has 1 aliphatic rings. The second-order valence-electron chi connectivity index (χ2n) is 5.25. The standard InChI is InChI=1S/C14H22N2O3S/c1-19-10-14-5-6-16(9-14)20(17,18)11-13-4-2-3-12(7-13)8-15/h2-4,7,14H,5-6,8-11,15H2,1H3. The summed E-state index contributed by atoms with van der Waals surface area (Å²) in [6.45, 7) is 2.20. The first-order valence-corrected chi connectivity index (χ1v) is 8.40. The Morgan fingerprint density at radius 3 is 2.85 bits per heavy atom. The lowest BCUT2D eigenvalue weighted by molar-refractivity contribution is 0.157. The van der Waals surface area contributed by atoms with E-state index in [4.69, 9.17) is 10.5 Å². The molecule has 6 heteroatoms. The van der Waals surface area contributed by atoms with Gasteiger partial charge in [0.2, 0.25) is 10.0 Å². The van der Waals surface area contributed by atoms with Crippen molar-refractivity contribution in [3.05, 3.63) is 35.4 Å². The Balaban J connectivity index is 2.04. The number of nitrogens with two attached hydrogens (primary N) is 1. The van der Waals surface area contributed by atoms with Crippen molar-refractivity contribution in [2.75, 3.05) is 26.8 Å². The van der Waals surface area contributed by atoms with Crippen molar-refractivity contribution in [3.63, 3.8) is 0 Å². The normalized spacial score (nSPS) is 20.4. The molecule has 0 saturated carbocycles. The van der Waals surface area contributed by atoms with Crippen molar-refractivity contribution in [1.82, 2.24) is 4.31 Å². The quantitative estimate of drug-likeness (QED) is 0.848. The van der Waals surface area contributed by atoms with Gasteiger partial charge < -0.3 is 10.5 Å². The Morgan fingerprint density at radius 2 is 2.15 bits per heavy atom. The predicted octanol–water partition coefficient (Wildman–Crippen LogP) is 0.943. The largest absolute Gasteiger partial charge is 0.384 e. The van der Waals surface area contributed by atoms with Crippen LogP contribution in [-0.4, -0.2) is 39.5 Å². The first kappa shape index (κ1) is 15.4. The van der Waals surface area contributed by atoms with E-state index in [-0.39, 0.29) is 5.75 Å². The maximum absolute atomic E-state index is 12.4. The van der Waals surface area contributed by atoms with Gasteiger partial charge in [-0.05, 0) is 23.5 Å². The first-order chi connectivity index (χ1) is 9.55. The number of hydrogen-bond acceptors (Lipinski definition) is 4. The molecule has 0 radical (unpaired) electrons. The molecule has 1 aliphatic heterocycles. The summed E-state index contributed by atoms with van der Waals surface area (Å²) < 4.78 is 31.5. The molecule has 1 fully saturated rings. The number of rotatable bonds is 6.